The van der Waals surface area contributed by atoms with Crippen molar-refractivity contribution in [3.63, 3.8) is 0 Å². The number of carbonyl (C=O) groups excluding carboxylic acids is 1. The third-order valence-electron chi connectivity index (χ3n) is 4.58. The molecule has 0 aliphatic rings. The molecule has 0 aliphatic heterocycles. The number of anilines is 1. The van der Waals surface area contributed by atoms with Gasteiger partial charge in [0.15, 0.2) is 0 Å². The molecule has 33 heavy (non-hydrogen) atoms. The molecule has 0 fully saturated rings. The molecule has 0 bridgehead atoms. The lowest BCUT2D eigenvalue weighted by Gasteiger charge is -2.13. The van der Waals surface area contributed by atoms with Gasteiger partial charge in [-0.1, -0.05) is 42.5 Å². The van der Waals surface area contributed by atoms with E-state index < -0.39 is 16.0 Å². The summed E-state index contributed by atoms with van der Waals surface area (Å²) in [6.07, 6.45) is 1.05. The number of carbonyl (C=O) groups is 2. The summed E-state index contributed by atoms with van der Waals surface area (Å²) in [6, 6.07) is 21.0. The van der Waals surface area contributed by atoms with E-state index >= 15 is 0 Å². The second-order valence-corrected chi connectivity index (χ2v) is 9.28. The summed E-state index contributed by atoms with van der Waals surface area (Å²) in [4.78, 5) is 23.2. The monoisotopic (exact) mass is 468 g/mol. The fourth-order valence-electron chi connectivity index (χ4n) is 3.08. The van der Waals surface area contributed by atoms with Gasteiger partial charge in [0.1, 0.15) is 11.5 Å². The van der Waals surface area contributed by atoms with Crippen LogP contribution in [0.15, 0.2) is 72.8 Å². The Morgan fingerprint density at radius 1 is 0.909 bits per heavy atom. The minimum atomic E-state index is -3.45. The molecule has 3 aromatic carbocycles. The van der Waals surface area contributed by atoms with E-state index in [0.717, 1.165) is 17.5 Å². The highest BCUT2D eigenvalue weighted by atomic mass is 32.2. The first-order valence-corrected chi connectivity index (χ1v) is 12.0. The molecule has 0 radical (unpaired) electrons. The van der Waals surface area contributed by atoms with Crippen LogP contribution >= 0.6 is 0 Å². The van der Waals surface area contributed by atoms with Gasteiger partial charge < -0.3 is 15.2 Å². The molecule has 0 unspecified atom stereocenters. The van der Waals surface area contributed by atoms with Crippen molar-refractivity contribution in [3.8, 4) is 11.5 Å². The van der Waals surface area contributed by atoms with Gasteiger partial charge in [0.25, 0.3) is 0 Å². The van der Waals surface area contributed by atoms with E-state index in [1.54, 1.807) is 42.5 Å². The maximum Gasteiger partial charge on any atom is 0.307 e. The van der Waals surface area contributed by atoms with Crippen LogP contribution in [0.3, 0.4) is 0 Å². The summed E-state index contributed by atoms with van der Waals surface area (Å²) >= 11 is 0. The third-order valence-corrected chi connectivity index (χ3v) is 5.25. The molecule has 0 aromatic heterocycles. The summed E-state index contributed by atoms with van der Waals surface area (Å²) in [5.74, 6) is -0.237. The van der Waals surface area contributed by atoms with E-state index in [2.05, 4.69) is 10.0 Å². The molecular weight excluding hydrogens is 444 g/mol. The largest absolute Gasteiger partial charge is 0.481 e. The average Bonchev–Trinajstić information content (AvgIpc) is 2.75. The molecule has 172 valence electrons. The number of amides is 1. The maximum atomic E-state index is 12.2. The molecule has 0 aliphatic carbocycles. The van der Waals surface area contributed by atoms with Crippen LogP contribution in [0, 0.1) is 0 Å². The van der Waals surface area contributed by atoms with Crippen molar-refractivity contribution in [3.05, 3.63) is 89.5 Å². The zero-order valence-corrected chi connectivity index (χ0v) is 18.8. The normalized spacial score (nSPS) is 11.1. The molecule has 8 nitrogen and oxygen atoms in total. The minimum absolute atomic E-state index is 0.0423. The van der Waals surface area contributed by atoms with Gasteiger partial charge in [-0.05, 0) is 41.5 Å². The van der Waals surface area contributed by atoms with Crippen LogP contribution in [0.2, 0.25) is 0 Å². The number of sulfonamides is 1. The summed E-state index contributed by atoms with van der Waals surface area (Å²) in [5.41, 5.74) is 2.56. The first-order chi connectivity index (χ1) is 15.7. The molecule has 0 atom stereocenters. The molecule has 3 aromatic rings. The van der Waals surface area contributed by atoms with Gasteiger partial charge in [0, 0.05) is 17.8 Å². The van der Waals surface area contributed by atoms with E-state index in [1.165, 1.54) is 0 Å². The number of hydrogen-bond donors (Lipinski definition) is 3. The number of nitrogens with one attached hydrogen (secondary N) is 2. The summed E-state index contributed by atoms with van der Waals surface area (Å²) < 4.78 is 31.3. The topological polar surface area (TPSA) is 122 Å². The Balaban J connectivity index is 1.70. The van der Waals surface area contributed by atoms with E-state index in [0.29, 0.717) is 22.6 Å². The lowest BCUT2D eigenvalue weighted by atomic mass is 10.1. The predicted molar refractivity (Wildman–Crippen MR) is 125 cm³/mol. The molecule has 0 saturated carbocycles. The van der Waals surface area contributed by atoms with Crippen LogP contribution in [0.1, 0.15) is 16.7 Å². The molecule has 3 N–H and O–H groups in total. The Morgan fingerprint density at radius 3 is 2.21 bits per heavy atom. The Kier molecular flexibility index (Phi) is 7.81. The number of rotatable bonds is 10. The number of carboxylic acids is 1. The van der Waals surface area contributed by atoms with Crippen molar-refractivity contribution in [2.45, 2.75) is 19.4 Å². The second-order valence-electron chi connectivity index (χ2n) is 7.44. The molecular formula is C24H24N2O6S. The smallest absolute Gasteiger partial charge is 0.307 e. The molecule has 3 rings (SSSR count). The van der Waals surface area contributed by atoms with Crippen LogP contribution in [0.25, 0.3) is 0 Å². The summed E-state index contributed by atoms with van der Waals surface area (Å²) in [7, 11) is -3.45. The molecule has 9 heteroatoms. The lowest BCUT2D eigenvalue weighted by Crippen LogP contribution is -2.21. The highest BCUT2D eigenvalue weighted by molar-refractivity contribution is 7.88. The van der Waals surface area contributed by atoms with Crippen LogP contribution in [0.4, 0.5) is 5.69 Å². The Morgan fingerprint density at radius 2 is 1.58 bits per heavy atom. The van der Waals surface area contributed by atoms with Crippen molar-refractivity contribution in [1.29, 1.82) is 0 Å². The molecule has 0 spiro atoms. The first kappa shape index (κ1) is 24.0. The lowest BCUT2D eigenvalue weighted by molar-refractivity contribution is -0.136. The fraction of sp³-hybridized carbons (Fsp3) is 0.167. The van der Waals surface area contributed by atoms with Crippen LogP contribution in [0.5, 0.6) is 11.5 Å². The van der Waals surface area contributed by atoms with Gasteiger partial charge in [-0.2, -0.15) is 0 Å². The Hall–Kier alpha value is -3.69. The molecule has 0 heterocycles. The van der Waals surface area contributed by atoms with Crippen molar-refractivity contribution in [2.24, 2.45) is 0 Å². The zero-order chi connectivity index (χ0) is 23.8. The van der Waals surface area contributed by atoms with Crippen molar-refractivity contribution in [1.82, 2.24) is 4.72 Å². The number of para-hydroxylation sites is 1. The number of carboxylic acid groups (broad SMARTS) is 1. The number of benzene rings is 3. The van der Waals surface area contributed by atoms with Gasteiger partial charge in [-0.3, -0.25) is 9.59 Å². The van der Waals surface area contributed by atoms with Crippen LogP contribution in [-0.4, -0.2) is 31.7 Å². The standard InChI is InChI=1S/C24H24N2O6S/c1-33(30,31)25-16-19-13-18(15-24(28)29)9-12-22(19)32-21-10-7-17(8-11-21)14-23(27)26-20-5-3-2-4-6-20/h2-13,25H,14-16H2,1H3,(H,26,27)(H,28,29). The number of ether oxygens (including phenoxy) is 1. The van der Waals surface area contributed by atoms with Gasteiger partial charge in [0.2, 0.25) is 15.9 Å². The minimum Gasteiger partial charge on any atom is -0.481 e. The van der Waals surface area contributed by atoms with Crippen LogP contribution in [-0.2, 0) is 39.0 Å². The van der Waals surface area contributed by atoms with E-state index in [9.17, 15) is 18.0 Å². The van der Waals surface area contributed by atoms with Gasteiger partial charge >= 0.3 is 5.97 Å². The highest BCUT2D eigenvalue weighted by Crippen LogP contribution is 2.27. The molecule has 1 amide bonds. The first-order valence-electron chi connectivity index (χ1n) is 10.1. The summed E-state index contributed by atoms with van der Waals surface area (Å²) in [5, 5.41) is 11.9. The molecule has 0 saturated heterocycles. The van der Waals surface area contributed by atoms with E-state index in [-0.39, 0.29) is 25.3 Å². The predicted octanol–water partition coefficient (Wildman–Crippen LogP) is 3.34. The van der Waals surface area contributed by atoms with Crippen LogP contribution < -0.4 is 14.8 Å². The zero-order valence-electron chi connectivity index (χ0n) is 17.9. The summed E-state index contributed by atoms with van der Waals surface area (Å²) in [6.45, 7) is -0.0423. The Labute approximate surface area is 192 Å². The quantitative estimate of drug-likeness (QED) is 0.420. The van der Waals surface area contributed by atoms with E-state index in [1.807, 2.05) is 30.3 Å². The second kappa shape index (κ2) is 10.8. The third kappa shape index (κ3) is 8.06. The van der Waals surface area contributed by atoms with Gasteiger partial charge in [-0.25, -0.2) is 13.1 Å². The van der Waals surface area contributed by atoms with Crippen molar-refractivity contribution >= 4 is 27.6 Å². The maximum absolute atomic E-state index is 12.2. The van der Waals surface area contributed by atoms with E-state index in [4.69, 9.17) is 9.84 Å². The number of aliphatic carboxylic acids is 1. The SMILES string of the molecule is CS(=O)(=O)NCc1cc(CC(=O)O)ccc1Oc1ccc(CC(=O)Nc2ccccc2)cc1. The Bertz CT molecular complexity index is 1230. The van der Waals surface area contributed by atoms with Gasteiger partial charge in [0.05, 0.1) is 19.1 Å². The fourth-order valence-corrected chi connectivity index (χ4v) is 3.50. The average molecular weight is 469 g/mol. The number of hydrogen-bond acceptors (Lipinski definition) is 5. The van der Waals surface area contributed by atoms with Gasteiger partial charge in [-0.15, -0.1) is 0 Å². The van der Waals surface area contributed by atoms with Crippen molar-refractivity contribution < 1.29 is 27.9 Å². The van der Waals surface area contributed by atoms with Crippen molar-refractivity contribution in [2.75, 3.05) is 11.6 Å². The highest BCUT2D eigenvalue weighted by Gasteiger charge is 2.12.